The maximum atomic E-state index is 12.0. The SMILES string of the molecule is CNS(=O)(=O)Cc1ccccc1CNc1nc(C)nc2scc(-c3cccs3)c12. The highest BCUT2D eigenvalue weighted by atomic mass is 32.2. The number of anilines is 1. The first kappa shape index (κ1) is 20.0. The van der Waals surface area contributed by atoms with Crippen molar-refractivity contribution in [2.75, 3.05) is 12.4 Å². The van der Waals surface area contributed by atoms with E-state index in [2.05, 4.69) is 36.8 Å². The van der Waals surface area contributed by atoms with Crippen LogP contribution in [0.25, 0.3) is 20.7 Å². The average molecular weight is 445 g/mol. The summed E-state index contributed by atoms with van der Waals surface area (Å²) in [7, 11) is -1.92. The minimum Gasteiger partial charge on any atom is -0.365 e. The highest BCUT2D eigenvalue weighted by Gasteiger charge is 2.16. The second-order valence-electron chi connectivity index (χ2n) is 6.51. The van der Waals surface area contributed by atoms with Crippen LogP contribution < -0.4 is 10.0 Å². The minimum absolute atomic E-state index is 0.0571. The number of aromatic nitrogens is 2. The molecule has 0 saturated heterocycles. The largest absolute Gasteiger partial charge is 0.365 e. The van der Waals surface area contributed by atoms with Crippen LogP contribution in [-0.4, -0.2) is 25.4 Å². The van der Waals surface area contributed by atoms with Gasteiger partial charge in [0.25, 0.3) is 0 Å². The van der Waals surface area contributed by atoms with E-state index < -0.39 is 10.0 Å². The van der Waals surface area contributed by atoms with Crippen molar-refractivity contribution in [1.29, 1.82) is 0 Å². The van der Waals surface area contributed by atoms with E-state index in [-0.39, 0.29) is 5.75 Å². The molecule has 0 spiro atoms. The van der Waals surface area contributed by atoms with Crippen LogP contribution in [0, 0.1) is 6.92 Å². The molecule has 0 aliphatic rings. The van der Waals surface area contributed by atoms with Crippen LogP contribution in [0.4, 0.5) is 5.82 Å². The summed E-state index contributed by atoms with van der Waals surface area (Å²) in [4.78, 5) is 11.3. The van der Waals surface area contributed by atoms with Gasteiger partial charge < -0.3 is 5.32 Å². The molecule has 0 radical (unpaired) electrons. The Morgan fingerprint density at radius 2 is 1.83 bits per heavy atom. The van der Waals surface area contributed by atoms with Crippen LogP contribution in [0.3, 0.4) is 0 Å². The smallest absolute Gasteiger partial charge is 0.215 e. The van der Waals surface area contributed by atoms with Gasteiger partial charge in [-0.2, -0.15) is 0 Å². The number of thiophene rings is 2. The Balaban J connectivity index is 1.69. The summed E-state index contributed by atoms with van der Waals surface area (Å²) >= 11 is 3.29. The first-order chi connectivity index (χ1) is 14.0. The molecule has 3 aromatic heterocycles. The first-order valence-electron chi connectivity index (χ1n) is 8.98. The standard InChI is InChI=1S/C20H20N4O2S3/c1-13-23-19(18-16(11-28-20(18)24-13)17-8-5-9-27-17)22-10-14-6-3-4-7-15(14)12-29(25,26)21-2/h3-9,11,21H,10,12H2,1-2H3,(H,22,23,24). The van der Waals surface area contributed by atoms with Gasteiger partial charge in [-0.25, -0.2) is 23.1 Å². The van der Waals surface area contributed by atoms with E-state index in [4.69, 9.17) is 0 Å². The van der Waals surface area contributed by atoms with Gasteiger partial charge in [-0.3, -0.25) is 0 Å². The van der Waals surface area contributed by atoms with Crippen molar-refractivity contribution in [2.24, 2.45) is 0 Å². The summed E-state index contributed by atoms with van der Waals surface area (Å²) < 4.78 is 26.4. The van der Waals surface area contributed by atoms with Gasteiger partial charge in [0, 0.05) is 22.4 Å². The Hall–Kier alpha value is -2.33. The second-order valence-corrected chi connectivity index (χ2v) is 10.2. The van der Waals surface area contributed by atoms with E-state index in [1.807, 2.05) is 37.3 Å². The summed E-state index contributed by atoms with van der Waals surface area (Å²) in [5, 5.41) is 8.59. The molecule has 0 unspecified atom stereocenters. The number of benzene rings is 1. The zero-order valence-electron chi connectivity index (χ0n) is 16.0. The third kappa shape index (κ3) is 4.32. The van der Waals surface area contributed by atoms with Gasteiger partial charge in [-0.05, 0) is 36.5 Å². The number of rotatable bonds is 7. The van der Waals surface area contributed by atoms with Crippen molar-refractivity contribution in [3.05, 3.63) is 64.1 Å². The molecule has 0 fully saturated rings. The van der Waals surface area contributed by atoms with E-state index in [0.717, 1.165) is 32.7 Å². The predicted octanol–water partition coefficient (Wildman–Crippen LogP) is 4.39. The van der Waals surface area contributed by atoms with Crippen LogP contribution in [0.2, 0.25) is 0 Å². The molecular formula is C20H20N4O2S3. The molecule has 0 atom stereocenters. The van der Waals surface area contributed by atoms with Gasteiger partial charge in [0.05, 0.1) is 11.1 Å². The molecule has 0 aliphatic heterocycles. The number of hydrogen-bond donors (Lipinski definition) is 2. The molecule has 0 bridgehead atoms. The van der Waals surface area contributed by atoms with Crippen molar-refractivity contribution >= 4 is 48.7 Å². The lowest BCUT2D eigenvalue weighted by atomic mass is 10.1. The number of hydrogen-bond acceptors (Lipinski definition) is 7. The number of sulfonamides is 1. The highest BCUT2D eigenvalue weighted by molar-refractivity contribution is 7.88. The molecule has 4 rings (SSSR count). The molecule has 2 N–H and O–H groups in total. The Labute approximate surface area is 177 Å². The van der Waals surface area contributed by atoms with E-state index in [1.165, 1.54) is 11.9 Å². The minimum atomic E-state index is -3.35. The number of aryl methyl sites for hydroxylation is 1. The first-order valence-corrected chi connectivity index (χ1v) is 12.4. The fraction of sp³-hybridized carbons (Fsp3) is 0.200. The fourth-order valence-corrected chi connectivity index (χ4v) is 5.76. The zero-order chi connectivity index (χ0) is 20.4. The predicted molar refractivity (Wildman–Crippen MR) is 121 cm³/mol. The maximum Gasteiger partial charge on any atom is 0.215 e. The molecule has 1 aromatic carbocycles. The number of nitrogens with one attached hydrogen (secondary N) is 2. The lowest BCUT2D eigenvalue weighted by molar-refractivity contribution is 0.587. The highest BCUT2D eigenvalue weighted by Crippen LogP contribution is 2.39. The van der Waals surface area contributed by atoms with Crippen LogP contribution in [0.15, 0.2) is 47.2 Å². The van der Waals surface area contributed by atoms with Gasteiger partial charge in [0.1, 0.15) is 16.5 Å². The molecule has 0 amide bonds. The summed E-state index contributed by atoms with van der Waals surface area (Å²) in [6.45, 7) is 2.35. The molecule has 0 saturated carbocycles. The van der Waals surface area contributed by atoms with Gasteiger partial charge >= 0.3 is 0 Å². The van der Waals surface area contributed by atoms with Crippen molar-refractivity contribution in [3.63, 3.8) is 0 Å². The van der Waals surface area contributed by atoms with E-state index >= 15 is 0 Å². The van der Waals surface area contributed by atoms with Crippen LogP contribution in [0.5, 0.6) is 0 Å². The molecule has 0 aliphatic carbocycles. The van der Waals surface area contributed by atoms with Gasteiger partial charge in [0.15, 0.2) is 0 Å². The zero-order valence-corrected chi connectivity index (χ0v) is 18.4. The van der Waals surface area contributed by atoms with E-state index in [0.29, 0.717) is 12.4 Å². The average Bonchev–Trinajstić information content (AvgIpc) is 3.36. The van der Waals surface area contributed by atoms with Crippen molar-refractivity contribution in [2.45, 2.75) is 19.2 Å². The van der Waals surface area contributed by atoms with Gasteiger partial charge in [-0.1, -0.05) is 30.3 Å². The van der Waals surface area contributed by atoms with E-state index in [1.54, 1.807) is 22.7 Å². The van der Waals surface area contributed by atoms with Gasteiger partial charge in [-0.15, -0.1) is 22.7 Å². The molecule has 3 heterocycles. The summed E-state index contributed by atoms with van der Waals surface area (Å²) in [6, 6.07) is 11.7. The quantitative estimate of drug-likeness (QED) is 0.442. The van der Waals surface area contributed by atoms with Crippen molar-refractivity contribution in [1.82, 2.24) is 14.7 Å². The monoisotopic (exact) mass is 444 g/mol. The molecule has 9 heteroatoms. The van der Waals surface area contributed by atoms with Crippen LogP contribution >= 0.6 is 22.7 Å². The Morgan fingerprint density at radius 3 is 2.55 bits per heavy atom. The lowest BCUT2D eigenvalue weighted by Crippen LogP contribution is -2.21. The number of fused-ring (bicyclic) bond motifs is 1. The third-order valence-corrected chi connectivity index (χ3v) is 7.64. The fourth-order valence-electron chi connectivity index (χ4n) is 3.12. The molecule has 29 heavy (non-hydrogen) atoms. The van der Waals surface area contributed by atoms with Crippen LogP contribution in [-0.2, 0) is 22.3 Å². The van der Waals surface area contributed by atoms with Gasteiger partial charge in [0.2, 0.25) is 10.0 Å². The van der Waals surface area contributed by atoms with E-state index in [9.17, 15) is 8.42 Å². The lowest BCUT2D eigenvalue weighted by Gasteiger charge is -2.13. The Kier molecular flexibility index (Phi) is 5.64. The topological polar surface area (TPSA) is 84.0 Å². The Morgan fingerprint density at radius 1 is 1.03 bits per heavy atom. The molecule has 6 nitrogen and oxygen atoms in total. The maximum absolute atomic E-state index is 12.0. The molecule has 150 valence electrons. The third-order valence-electron chi connectivity index (χ3n) is 4.55. The Bertz CT molecular complexity index is 1250. The summed E-state index contributed by atoms with van der Waals surface area (Å²) in [5.41, 5.74) is 2.80. The second kappa shape index (κ2) is 8.19. The molecule has 4 aromatic rings. The summed E-state index contributed by atoms with van der Waals surface area (Å²) in [5.74, 6) is 1.41. The van der Waals surface area contributed by atoms with Crippen LogP contribution in [0.1, 0.15) is 17.0 Å². The molecular weight excluding hydrogens is 424 g/mol. The summed E-state index contributed by atoms with van der Waals surface area (Å²) in [6.07, 6.45) is 0. The normalized spacial score (nSPS) is 11.8. The number of nitrogens with zero attached hydrogens (tertiary/aromatic N) is 2. The van der Waals surface area contributed by atoms with Crippen molar-refractivity contribution < 1.29 is 8.42 Å². The van der Waals surface area contributed by atoms with Crippen molar-refractivity contribution in [3.8, 4) is 10.4 Å².